The van der Waals surface area contributed by atoms with E-state index in [1.165, 1.54) is 29.6 Å². The minimum atomic E-state index is -3.72. The Kier molecular flexibility index (Phi) is 6.19. The third kappa shape index (κ3) is 4.54. The highest BCUT2D eigenvalue weighted by molar-refractivity contribution is 7.89. The van der Waals surface area contributed by atoms with Crippen molar-refractivity contribution in [1.29, 1.82) is 0 Å². The topological polar surface area (TPSA) is 103 Å². The average Bonchev–Trinajstić information content (AvgIpc) is 3.48. The van der Waals surface area contributed by atoms with Gasteiger partial charge in [0.25, 0.3) is 5.91 Å². The third-order valence-electron chi connectivity index (χ3n) is 5.11. The lowest BCUT2D eigenvalue weighted by Gasteiger charge is -2.18. The first-order chi connectivity index (χ1) is 15.0. The summed E-state index contributed by atoms with van der Waals surface area (Å²) in [4.78, 5) is 12.6. The Morgan fingerprint density at radius 2 is 1.87 bits per heavy atom. The molecule has 31 heavy (non-hydrogen) atoms. The Labute approximate surface area is 180 Å². The summed E-state index contributed by atoms with van der Waals surface area (Å²) in [5.74, 6) is 1.71. The summed E-state index contributed by atoms with van der Waals surface area (Å²) >= 11 is 0. The van der Waals surface area contributed by atoms with Crippen LogP contribution in [0.1, 0.15) is 23.2 Å². The van der Waals surface area contributed by atoms with Crippen LogP contribution in [-0.2, 0) is 10.0 Å². The Balaban J connectivity index is 1.38. The minimum absolute atomic E-state index is 0.00107. The van der Waals surface area contributed by atoms with Crippen LogP contribution in [-0.4, -0.2) is 58.8 Å². The minimum Gasteiger partial charge on any atom is -0.495 e. The standard InChI is InChI=1S/C21H24N2O7S/c1-27-18-6-4-15(12-20(18)31(25,26)23-9-2-3-10-23)21(24)22-8-11-28-16-5-7-17-19(13-16)30-14-29-17/h4-7,12-13H,2-3,8-11,14H2,1H3,(H,22,24). The number of fused-ring (bicyclic) bond motifs is 1. The molecule has 2 aliphatic rings. The number of carbonyl (C=O) groups is 1. The smallest absolute Gasteiger partial charge is 0.251 e. The molecule has 1 fully saturated rings. The van der Waals surface area contributed by atoms with E-state index in [9.17, 15) is 13.2 Å². The fourth-order valence-corrected chi connectivity index (χ4v) is 5.19. The molecule has 0 aromatic heterocycles. The van der Waals surface area contributed by atoms with Gasteiger partial charge in [-0.05, 0) is 43.2 Å². The molecule has 0 spiro atoms. The fourth-order valence-electron chi connectivity index (χ4n) is 3.49. The summed E-state index contributed by atoms with van der Waals surface area (Å²) in [5, 5.41) is 2.74. The van der Waals surface area contributed by atoms with Crippen molar-refractivity contribution < 1.29 is 32.2 Å². The van der Waals surface area contributed by atoms with E-state index in [2.05, 4.69) is 5.32 Å². The van der Waals surface area contributed by atoms with E-state index in [-0.39, 0.29) is 36.2 Å². The second-order valence-corrected chi connectivity index (χ2v) is 9.00. The van der Waals surface area contributed by atoms with Gasteiger partial charge in [-0.1, -0.05) is 0 Å². The van der Waals surface area contributed by atoms with E-state index < -0.39 is 15.9 Å². The molecule has 0 aliphatic carbocycles. The number of carbonyl (C=O) groups excluding carboxylic acids is 1. The normalized spacial score (nSPS) is 15.6. The predicted molar refractivity (Wildman–Crippen MR) is 111 cm³/mol. The lowest BCUT2D eigenvalue weighted by molar-refractivity contribution is 0.0946. The Morgan fingerprint density at radius 3 is 2.65 bits per heavy atom. The number of hydrogen-bond acceptors (Lipinski definition) is 7. The molecule has 2 aromatic rings. The fraction of sp³-hybridized carbons (Fsp3) is 0.381. The van der Waals surface area contributed by atoms with Gasteiger partial charge >= 0.3 is 0 Å². The number of methoxy groups -OCH3 is 1. The molecule has 10 heteroatoms. The van der Waals surface area contributed by atoms with E-state index >= 15 is 0 Å². The molecule has 9 nitrogen and oxygen atoms in total. The van der Waals surface area contributed by atoms with Gasteiger partial charge in [0.05, 0.1) is 13.7 Å². The molecule has 1 N–H and O–H groups in total. The van der Waals surface area contributed by atoms with Crippen LogP contribution in [0.3, 0.4) is 0 Å². The summed E-state index contributed by atoms with van der Waals surface area (Å²) in [5.41, 5.74) is 0.238. The van der Waals surface area contributed by atoms with E-state index in [1.807, 2.05) is 0 Å². The number of sulfonamides is 1. The molecule has 4 rings (SSSR count). The van der Waals surface area contributed by atoms with Crippen molar-refractivity contribution in [3.8, 4) is 23.0 Å². The molecule has 1 amide bonds. The van der Waals surface area contributed by atoms with Crippen LogP contribution in [0, 0.1) is 0 Å². The molecule has 2 aromatic carbocycles. The summed E-state index contributed by atoms with van der Waals surface area (Å²) in [6.07, 6.45) is 1.65. The number of nitrogens with zero attached hydrogens (tertiary/aromatic N) is 1. The van der Waals surface area contributed by atoms with Crippen molar-refractivity contribution in [2.24, 2.45) is 0 Å². The zero-order valence-corrected chi connectivity index (χ0v) is 17.9. The van der Waals surface area contributed by atoms with E-state index in [0.717, 1.165) is 12.8 Å². The molecule has 0 bridgehead atoms. The van der Waals surface area contributed by atoms with Gasteiger partial charge in [-0.15, -0.1) is 0 Å². The van der Waals surface area contributed by atoms with Crippen LogP contribution in [0.5, 0.6) is 23.0 Å². The second-order valence-electron chi connectivity index (χ2n) is 7.10. The zero-order valence-electron chi connectivity index (χ0n) is 17.1. The number of rotatable bonds is 8. The molecule has 0 atom stereocenters. The monoisotopic (exact) mass is 448 g/mol. The highest BCUT2D eigenvalue weighted by Gasteiger charge is 2.30. The van der Waals surface area contributed by atoms with Crippen LogP contribution in [0.15, 0.2) is 41.3 Å². The molecule has 0 saturated carbocycles. The van der Waals surface area contributed by atoms with Crippen LogP contribution in [0.2, 0.25) is 0 Å². The SMILES string of the molecule is COc1ccc(C(=O)NCCOc2ccc3c(c2)OCO3)cc1S(=O)(=O)N1CCCC1. The number of ether oxygens (including phenoxy) is 4. The summed E-state index contributed by atoms with van der Waals surface area (Å²) in [7, 11) is -2.31. The van der Waals surface area contributed by atoms with E-state index in [1.54, 1.807) is 18.2 Å². The lowest BCUT2D eigenvalue weighted by Crippen LogP contribution is -2.30. The first kappa shape index (κ1) is 21.3. The van der Waals surface area contributed by atoms with Gasteiger partial charge in [-0.25, -0.2) is 8.42 Å². The van der Waals surface area contributed by atoms with Crippen LogP contribution >= 0.6 is 0 Å². The number of amides is 1. The molecule has 166 valence electrons. The van der Waals surface area contributed by atoms with Gasteiger partial charge in [0.15, 0.2) is 11.5 Å². The maximum absolute atomic E-state index is 13.0. The first-order valence-electron chi connectivity index (χ1n) is 9.98. The average molecular weight is 448 g/mol. The van der Waals surface area contributed by atoms with Gasteiger partial charge in [0.2, 0.25) is 16.8 Å². The van der Waals surface area contributed by atoms with Crippen molar-refractivity contribution in [3.05, 3.63) is 42.0 Å². The Hall–Kier alpha value is -2.98. The van der Waals surface area contributed by atoms with Crippen molar-refractivity contribution in [3.63, 3.8) is 0 Å². The van der Waals surface area contributed by atoms with Crippen molar-refractivity contribution in [2.75, 3.05) is 40.1 Å². The van der Waals surface area contributed by atoms with Crippen LogP contribution in [0.4, 0.5) is 0 Å². The maximum Gasteiger partial charge on any atom is 0.251 e. The zero-order chi connectivity index (χ0) is 21.8. The van der Waals surface area contributed by atoms with Crippen molar-refractivity contribution in [2.45, 2.75) is 17.7 Å². The van der Waals surface area contributed by atoms with Crippen LogP contribution in [0.25, 0.3) is 0 Å². The molecule has 0 radical (unpaired) electrons. The van der Waals surface area contributed by atoms with Gasteiger partial charge < -0.3 is 24.3 Å². The summed E-state index contributed by atoms with van der Waals surface area (Å²) < 4.78 is 48.8. The lowest BCUT2D eigenvalue weighted by atomic mass is 10.2. The number of nitrogens with one attached hydrogen (secondary N) is 1. The third-order valence-corrected chi connectivity index (χ3v) is 7.03. The largest absolute Gasteiger partial charge is 0.495 e. The van der Waals surface area contributed by atoms with Gasteiger partial charge in [-0.2, -0.15) is 4.31 Å². The molecule has 2 heterocycles. The van der Waals surface area contributed by atoms with E-state index in [4.69, 9.17) is 18.9 Å². The molecule has 0 unspecified atom stereocenters. The first-order valence-corrected chi connectivity index (χ1v) is 11.4. The van der Waals surface area contributed by atoms with Crippen molar-refractivity contribution >= 4 is 15.9 Å². The Bertz CT molecular complexity index is 1070. The highest BCUT2D eigenvalue weighted by Crippen LogP contribution is 2.35. The van der Waals surface area contributed by atoms with Gasteiger partial charge in [0, 0.05) is 24.7 Å². The summed E-state index contributed by atoms with van der Waals surface area (Å²) in [6.45, 7) is 1.61. The maximum atomic E-state index is 13.0. The second kappa shape index (κ2) is 9.03. The van der Waals surface area contributed by atoms with Gasteiger partial charge in [0.1, 0.15) is 23.0 Å². The van der Waals surface area contributed by atoms with Gasteiger partial charge in [-0.3, -0.25) is 4.79 Å². The summed E-state index contributed by atoms with van der Waals surface area (Å²) in [6, 6.07) is 9.64. The number of hydrogen-bond donors (Lipinski definition) is 1. The molecular formula is C21H24N2O7S. The highest BCUT2D eigenvalue weighted by atomic mass is 32.2. The molecule has 1 saturated heterocycles. The van der Waals surface area contributed by atoms with Crippen molar-refractivity contribution in [1.82, 2.24) is 9.62 Å². The predicted octanol–water partition coefficient (Wildman–Crippen LogP) is 2.02. The van der Waals surface area contributed by atoms with Crippen LogP contribution < -0.4 is 24.3 Å². The van der Waals surface area contributed by atoms with E-state index in [0.29, 0.717) is 30.3 Å². The molecular weight excluding hydrogens is 424 g/mol. The number of benzene rings is 2. The molecule has 2 aliphatic heterocycles. The Morgan fingerprint density at radius 1 is 1.10 bits per heavy atom. The quantitative estimate of drug-likeness (QED) is 0.616.